The number of amides is 2. The van der Waals surface area contributed by atoms with Crippen molar-refractivity contribution in [2.45, 2.75) is 33.2 Å². The minimum absolute atomic E-state index is 0.193. The number of likely N-dealkylation sites (N-methyl/N-ethyl adjacent to an activating group) is 1. The van der Waals surface area contributed by atoms with Gasteiger partial charge in [0.05, 0.1) is 0 Å². The first kappa shape index (κ1) is 16.0. The van der Waals surface area contributed by atoms with Gasteiger partial charge < -0.3 is 15.0 Å². The fraction of sp³-hybridized carbons (Fsp3) is 0.438. The molecule has 0 radical (unpaired) electrons. The van der Waals surface area contributed by atoms with Crippen LogP contribution in [0.2, 0.25) is 0 Å². The highest BCUT2D eigenvalue weighted by Crippen LogP contribution is 2.09. The van der Waals surface area contributed by atoms with Crippen LogP contribution in [0.3, 0.4) is 0 Å². The first-order valence-corrected chi connectivity index (χ1v) is 7.38. The highest BCUT2D eigenvalue weighted by Gasteiger charge is 2.22. The van der Waals surface area contributed by atoms with E-state index in [2.05, 4.69) is 15.6 Å². The van der Waals surface area contributed by atoms with E-state index in [1.165, 1.54) is 0 Å². The van der Waals surface area contributed by atoms with E-state index in [0.29, 0.717) is 23.7 Å². The van der Waals surface area contributed by atoms with E-state index in [9.17, 15) is 9.59 Å². The highest BCUT2D eigenvalue weighted by molar-refractivity contribution is 5.96. The Labute approximate surface area is 129 Å². The molecular weight excluding hydrogens is 280 g/mol. The van der Waals surface area contributed by atoms with Crippen LogP contribution in [-0.4, -0.2) is 34.3 Å². The van der Waals surface area contributed by atoms with E-state index in [-0.39, 0.29) is 11.8 Å². The Morgan fingerprint density at radius 1 is 1.36 bits per heavy atom. The quantitative estimate of drug-likeness (QED) is 0.879. The first-order chi connectivity index (χ1) is 10.4. The second kappa shape index (κ2) is 6.60. The predicted molar refractivity (Wildman–Crippen MR) is 84.7 cm³/mol. The van der Waals surface area contributed by atoms with Gasteiger partial charge in [-0.3, -0.25) is 9.59 Å². The summed E-state index contributed by atoms with van der Waals surface area (Å²) in [5.74, 6) is -0.233. The van der Waals surface area contributed by atoms with Crippen LogP contribution in [-0.2, 0) is 4.79 Å². The topological polar surface area (TPSA) is 75.5 Å². The fourth-order valence-corrected chi connectivity index (χ4v) is 2.30. The summed E-state index contributed by atoms with van der Waals surface area (Å²) in [5.41, 5.74) is 2.10. The van der Waals surface area contributed by atoms with E-state index in [1.54, 1.807) is 17.6 Å². The largest absolute Gasteiger partial charge is 0.357 e. The van der Waals surface area contributed by atoms with Crippen LogP contribution in [0.5, 0.6) is 0 Å². The van der Waals surface area contributed by atoms with Gasteiger partial charge in [-0.2, -0.15) is 0 Å². The van der Waals surface area contributed by atoms with Crippen LogP contribution < -0.4 is 10.6 Å². The van der Waals surface area contributed by atoms with Crippen molar-refractivity contribution in [2.24, 2.45) is 5.92 Å². The van der Waals surface area contributed by atoms with Gasteiger partial charge >= 0.3 is 0 Å². The van der Waals surface area contributed by atoms with Crippen LogP contribution in [0.25, 0.3) is 5.65 Å². The standard InChI is InChI=1S/C16H22N4O2/c1-10(2)7-12(15(21)17-4)19-16(22)13-9-20-6-5-11(3)8-14(20)18-13/h5-6,8-10,12H,7H2,1-4H3,(H,17,21)(H,19,22). The summed E-state index contributed by atoms with van der Waals surface area (Å²) in [4.78, 5) is 28.5. The van der Waals surface area contributed by atoms with Crippen molar-refractivity contribution >= 4 is 17.5 Å². The molecule has 22 heavy (non-hydrogen) atoms. The summed E-state index contributed by atoms with van der Waals surface area (Å²) in [5, 5.41) is 5.35. The van der Waals surface area contributed by atoms with Crippen LogP contribution in [0, 0.1) is 12.8 Å². The maximum atomic E-state index is 12.3. The Morgan fingerprint density at radius 2 is 2.09 bits per heavy atom. The van der Waals surface area contributed by atoms with Crippen molar-refractivity contribution in [1.29, 1.82) is 0 Å². The second-order valence-corrected chi connectivity index (χ2v) is 5.87. The first-order valence-electron chi connectivity index (χ1n) is 7.38. The number of carbonyl (C=O) groups is 2. The molecule has 0 aliphatic heterocycles. The van der Waals surface area contributed by atoms with Gasteiger partial charge in [-0.15, -0.1) is 0 Å². The Kier molecular flexibility index (Phi) is 4.80. The molecule has 0 aliphatic rings. The molecular formula is C16H22N4O2. The van der Waals surface area contributed by atoms with E-state index >= 15 is 0 Å². The lowest BCUT2D eigenvalue weighted by Gasteiger charge is -2.18. The molecule has 0 aliphatic carbocycles. The maximum Gasteiger partial charge on any atom is 0.272 e. The average Bonchev–Trinajstić information content (AvgIpc) is 2.88. The zero-order valence-electron chi connectivity index (χ0n) is 13.4. The molecule has 0 saturated heterocycles. The van der Waals surface area contributed by atoms with Gasteiger partial charge in [0, 0.05) is 19.4 Å². The van der Waals surface area contributed by atoms with Crippen molar-refractivity contribution in [3.05, 3.63) is 35.8 Å². The number of fused-ring (bicyclic) bond motifs is 1. The molecule has 118 valence electrons. The lowest BCUT2D eigenvalue weighted by molar-refractivity contribution is -0.122. The molecule has 2 heterocycles. The molecule has 1 atom stereocenters. The summed E-state index contributed by atoms with van der Waals surface area (Å²) in [6.45, 7) is 5.99. The van der Waals surface area contributed by atoms with Crippen LogP contribution in [0.4, 0.5) is 0 Å². The maximum absolute atomic E-state index is 12.3. The molecule has 2 rings (SSSR count). The molecule has 2 aromatic rings. The minimum atomic E-state index is -0.552. The number of carbonyl (C=O) groups excluding carboxylic acids is 2. The number of aromatic nitrogens is 2. The lowest BCUT2D eigenvalue weighted by Crippen LogP contribution is -2.46. The molecule has 0 fully saturated rings. The SMILES string of the molecule is CNC(=O)C(CC(C)C)NC(=O)c1cn2ccc(C)cc2n1. The van der Waals surface area contributed by atoms with E-state index in [4.69, 9.17) is 0 Å². The highest BCUT2D eigenvalue weighted by atomic mass is 16.2. The van der Waals surface area contributed by atoms with Crippen molar-refractivity contribution in [3.63, 3.8) is 0 Å². The van der Waals surface area contributed by atoms with Crippen LogP contribution in [0.1, 0.15) is 36.3 Å². The summed E-state index contributed by atoms with van der Waals surface area (Å²) in [6.07, 6.45) is 4.11. The molecule has 1 unspecified atom stereocenters. The molecule has 6 nitrogen and oxygen atoms in total. The summed E-state index contributed by atoms with van der Waals surface area (Å²) in [6, 6.07) is 3.30. The van der Waals surface area contributed by atoms with Crippen LogP contribution in [0.15, 0.2) is 24.5 Å². The number of nitrogens with zero attached hydrogens (tertiary/aromatic N) is 2. The third kappa shape index (κ3) is 3.63. The van der Waals surface area contributed by atoms with Gasteiger partial charge in [0.15, 0.2) is 0 Å². The normalized spacial score (nSPS) is 12.4. The Hall–Kier alpha value is -2.37. The molecule has 2 amide bonds. The Morgan fingerprint density at radius 3 is 2.73 bits per heavy atom. The third-order valence-corrected chi connectivity index (χ3v) is 3.42. The molecule has 2 N–H and O–H groups in total. The predicted octanol–water partition coefficient (Wildman–Crippen LogP) is 1.53. The third-order valence-electron chi connectivity index (χ3n) is 3.42. The number of hydrogen-bond donors (Lipinski definition) is 2. The monoisotopic (exact) mass is 302 g/mol. The van der Waals surface area contributed by atoms with E-state index < -0.39 is 6.04 Å². The van der Waals surface area contributed by atoms with Gasteiger partial charge in [0.2, 0.25) is 5.91 Å². The minimum Gasteiger partial charge on any atom is -0.357 e. The number of pyridine rings is 1. The molecule has 0 saturated carbocycles. The smallest absolute Gasteiger partial charge is 0.272 e. The Balaban J connectivity index is 2.19. The van der Waals surface area contributed by atoms with Gasteiger partial charge in [0.25, 0.3) is 5.91 Å². The Bertz CT molecular complexity index is 691. The lowest BCUT2D eigenvalue weighted by atomic mass is 10.0. The summed E-state index contributed by atoms with van der Waals surface area (Å²) >= 11 is 0. The number of rotatable bonds is 5. The van der Waals surface area contributed by atoms with Gasteiger partial charge in [-0.05, 0) is 37.0 Å². The molecule has 0 aromatic carbocycles. The number of nitrogens with one attached hydrogen (secondary N) is 2. The summed E-state index contributed by atoms with van der Waals surface area (Å²) in [7, 11) is 1.56. The zero-order chi connectivity index (χ0) is 16.3. The van der Waals surface area contributed by atoms with Crippen molar-refractivity contribution in [1.82, 2.24) is 20.0 Å². The second-order valence-electron chi connectivity index (χ2n) is 5.87. The van der Waals surface area contributed by atoms with E-state index in [0.717, 1.165) is 5.56 Å². The van der Waals surface area contributed by atoms with Crippen LogP contribution >= 0.6 is 0 Å². The molecule has 0 bridgehead atoms. The summed E-state index contributed by atoms with van der Waals surface area (Å²) < 4.78 is 1.79. The number of imidazole rings is 1. The number of hydrogen-bond acceptors (Lipinski definition) is 3. The van der Waals surface area contributed by atoms with Gasteiger partial charge in [0.1, 0.15) is 17.4 Å². The van der Waals surface area contributed by atoms with Gasteiger partial charge in [-0.25, -0.2) is 4.98 Å². The molecule has 0 spiro atoms. The van der Waals surface area contributed by atoms with Crippen molar-refractivity contribution in [2.75, 3.05) is 7.05 Å². The van der Waals surface area contributed by atoms with E-state index in [1.807, 2.05) is 39.1 Å². The fourth-order valence-electron chi connectivity index (χ4n) is 2.30. The zero-order valence-corrected chi connectivity index (χ0v) is 13.4. The molecule has 6 heteroatoms. The van der Waals surface area contributed by atoms with Gasteiger partial charge in [-0.1, -0.05) is 13.8 Å². The van der Waals surface area contributed by atoms with Crippen molar-refractivity contribution in [3.8, 4) is 0 Å². The molecule has 2 aromatic heterocycles. The number of aryl methyl sites for hydroxylation is 1. The van der Waals surface area contributed by atoms with Crippen molar-refractivity contribution < 1.29 is 9.59 Å². The average molecular weight is 302 g/mol.